The van der Waals surface area contributed by atoms with Crippen molar-refractivity contribution in [3.8, 4) is 0 Å². The predicted molar refractivity (Wildman–Crippen MR) is 67.6 cm³/mol. The van der Waals surface area contributed by atoms with Gasteiger partial charge in [-0.1, -0.05) is 31.0 Å². The number of aliphatic hydroxyl groups is 1. The lowest BCUT2D eigenvalue weighted by Crippen LogP contribution is -2.10. The van der Waals surface area contributed by atoms with Crippen LogP contribution in [0, 0.1) is 5.92 Å². The number of nitrogens with zero attached hydrogens (tertiary/aromatic N) is 2. The van der Waals surface area contributed by atoms with Crippen molar-refractivity contribution in [2.75, 3.05) is 0 Å². The van der Waals surface area contributed by atoms with E-state index in [2.05, 4.69) is 11.2 Å². The van der Waals surface area contributed by atoms with Gasteiger partial charge in [-0.25, -0.2) is 0 Å². The minimum atomic E-state index is -0.399. The number of hydrogen-bond acceptors (Lipinski definition) is 2. The molecular formula is C14H18N2O. The summed E-state index contributed by atoms with van der Waals surface area (Å²) in [5.74, 6) is 0.397. The van der Waals surface area contributed by atoms with Gasteiger partial charge in [0.1, 0.15) is 6.10 Å². The summed E-state index contributed by atoms with van der Waals surface area (Å²) in [6.45, 7) is 0. The van der Waals surface area contributed by atoms with E-state index in [1.165, 1.54) is 12.8 Å². The Morgan fingerprint density at radius 1 is 1.29 bits per heavy atom. The topological polar surface area (TPSA) is 38.0 Å². The number of aliphatic hydroxyl groups excluding tert-OH is 1. The fourth-order valence-corrected chi connectivity index (χ4v) is 2.96. The van der Waals surface area contributed by atoms with E-state index in [0.717, 1.165) is 29.4 Å². The number of benzene rings is 1. The second-order valence-electron chi connectivity index (χ2n) is 5.02. The lowest BCUT2D eigenvalue weighted by molar-refractivity contribution is 0.108. The van der Waals surface area contributed by atoms with Crippen LogP contribution in [0.5, 0.6) is 0 Å². The standard InChI is InChI=1S/C14H18N2O/c1-16-12-9-5-4-8-11(12)13(15-16)14(17)10-6-2-3-7-10/h4-5,8-10,14,17H,2-3,6-7H2,1H3. The van der Waals surface area contributed by atoms with Gasteiger partial charge in [-0.15, -0.1) is 0 Å². The molecule has 0 amide bonds. The highest BCUT2D eigenvalue weighted by molar-refractivity contribution is 5.82. The molecule has 17 heavy (non-hydrogen) atoms. The molecule has 2 aromatic rings. The van der Waals surface area contributed by atoms with E-state index < -0.39 is 6.10 Å². The van der Waals surface area contributed by atoms with E-state index in [4.69, 9.17) is 0 Å². The van der Waals surface area contributed by atoms with Gasteiger partial charge < -0.3 is 5.11 Å². The Hall–Kier alpha value is -1.35. The monoisotopic (exact) mass is 230 g/mol. The van der Waals surface area contributed by atoms with Crippen molar-refractivity contribution in [2.24, 2.45) is 13.0 Å². The van der Waals surface area contributed by atoms with E-state index in [-0.39, 0.29) is 0 Å². The molecule has 0 bridgehead atoms. The first-order chi connectivity index (χ1) is 8.27. The second-order valence-corrected chi connectivity index (χ2v) is 5.02. The van der Waals surface area contributed by atoms with Crippen molar-refractivity contribution in [3.63, 3.8) is 0 Å². The van der Waals surface area contributed by atoms with Crippen molar-refractivity contribution in [1.29, 1.82) is 0 Å². The molecule has 1 heterocycles. The van der Waals surface area contributed by atoms with Gasteiger partial charge >= 0.3 is 0 Å². The Kier molecular flexibility index (Phi) is 2.63. The van der Waals surface area contributed by atoms with Gasteiger partial charge in [0, 0.05) is 12.4 Å². The zero-order valence-corrected chi connectivity index (χ0v) is 10.1. The van der Waals surface area contributed by atoms with E-state index >= 15 is 0 Å². The van der Waals surface area contributed by atoms with E-state index in [9.17, 15) is 5.11 Å². The molecule has 1 fully saturated rings. The Morgan fingerprint density at radius 3 is 2.76 bits per heavy atom. The zero-order valence-electron chi connectivity index (χ0n) is 10.1. The van der Waals surface area contributed by atoms with Crippen LogP contribution in [0.4, 0.5) is 0 Å². The van der Waals surface area contributed by atoms with Gasteiger partial charge in [-0.3, -0.25) is 4.68 Å². The Bertz CT molecular complexity index is 526. The molecule has 3 nitrogen and oxygen atoms in total. The Morgan fingerprint density at radius 2 is 2.00 bits per heavy atom. The molecule has 0 aliphatic heterocycles. The molecular weight excluding hydrogens is 212 g/mol. The molecule has 3 heteroatoms. The van der Waals surface area contributed by atoms with E-state index in [1.807, 2.05) is 29.9 Å². The van der Waals surface area contributed by atoms with Crippen LogP contribution in [0.1, 0.15) is 37.5 Å². The highest BCUT2D eigenvalue weighted by Crippen LogP contribution is 2.37. The summed E-state index contributed by atoms with van der Waals surface area (Å²) in [6, 6.07) is 8.12. The molecule has 1 aliphatic rings. The first-order valence-corrected chi connectivity index (χ1v) is 6.37. The van der Waals surface area contributed by atoms with Gasteiger partial charge in [0.2, 0.25) is 0 Å². The summed E-state index contributed by atoms with van der Waals surface area (Å²) in [5.41, 5.74) is 1.95. The molecule has 1 aliphatic carbocycles. The summed E-state index contributed by atoms with van der Waals surface area (Å²) >= 11 is 0. The molecule has 3 rings (SSSR count). The SMILES string of the molecule is Cn1nc(C(O)C2CCCC2)c2ccccc21. The van der Waals surface area contributed by atoms with Crippen molar-refractivity contribution in [2.45, 2.75) is 31.8 Å². The van der Waals surface area contributed by atoms with Crippen molar-refractivity contribution < 1.29 is 5.11 Å². The molecule has 1 N–H and O–H groups in total. The summed E-state index contributed by atoms with van der Waals surface area (Å²) < 4.78 is 1.86. The fraction of sp³-hybridized carbons (Fsp3) is 0.500. The number of fused-ring (bicyclic) bond motifs is 1. The molecule has 1 saturated carbocycles. The predicted octanol–water partition coefficient (Wildman–Crippen LogP) is 2.80. The number of para-hydroxylation sites is 1. The van der Waals surface area contributed by atoms with Crippen LogP contribution < -0.4 is 0 Å². The summed E-state index contributed by atoms with van der Waals surface area (Å²) in [6.07, 6.45) is 4.35. The van der Waals surface area contributed by atoms with Crippen molar-refractivity contribution in [1.82, 2.24) is 9.78 Å². The van der Waals surface area contributed by atoms with Crippen molar-refractivity contribution in [3.05, 3.63) is 30.0 Å². The van der Waals surface area contributed by atoms with E-state index in [1.54, 1.807) is 0 Å². The smallest absolute Gasteiger partial charge is 0.101 e. The molecule has 0 saturated heterocycles. The average Bonchev–Trinajstić information content (AvgIpc) is 2.97. The average molecular weight is 230 g/mol. The van der Waals surface area contributed by atoms with Crippen LogP contribution >= 0.6 is 0 Å². The van der Waals surface area contributed by atoms with Crippen LogP contribution in [0.2, 0.25) is 0 Å². The van der Waals surface area contributed by atoms with Gasteiger partial charge in [-0.05, 0) is 24.8 Å². The van der Waals surface area contributed by atoms with Gasteiger partial charge in [0.05, 0.1) is 11.2 Å². The number of rotatable bonds is 2. The van der Waals surface area contributed by atoms with Crippen molar-refractivity contribution >= 4 is 10.9 Å². The normalized spacial score (nSPS) is 18.9. The zero-order chi connectivity index (χ0) is 11.8. The third-order valence-corrected chi connectivity index (χ3v) is 3.91. The highest BCUT2D eigenvalue weighted by Gasteiger charge is 2.27. The Balaban J connectivity index is 2.04. The maximum absolute atomic E-state index is 10.5. The molecule has 0 radical (unpaired) electrons. The molecule has 0 spiro atoms. The molecule has 90 valence electrons. The third kappa shape index (κ3) is 1.75. The van der Waals surface area contributed by atoms with E-state index in [0.29, 0.717) is 5.92 Å². The van der Waals surface area contributed by atoms with Crippen LogP contribution in [0.3, 0.4) is 0 Å². The van der Waals surface area contributed by atoms with Gasteiger partial charge in [0.25, 0.3) is 0 Å². The van der Waals surface area contributed by atoms with Crippen LogP contribution in [0.25, 0.3) is 10.9 Å². The lowest BCUT2D eigenvalue weighted by Gasteiger charge is -2.15. The second kappa shape index (κ2) is 4.15. The lowest BCUT2D eigenvalue weighted by atomic mass is 9.96. The maximum Gasteiger partial charge on any atom is 0.101 e. The number of hydrogen-bond donors (Lipinski definition) is 1. The first-order valence-electron chi connectivity index (χ1n) is 6.37. The summed E-state index contributed by atoms with van der Waals surface area (Å²) in [5, 5.41) is 16.0. The minimum absolute atomic E-state index is 0.397. The molecule has 1 unspecified atom stereocenters. The quantitative estimate of drug-likeness (QED) is 0.861. The number of aromatic nitrogens is 2. The maximum atomic E-state index is 10.5. The first kappa shape index (κ1) is 10.8. The minimum Gasteiger partial charge on any atom is -0.386 e. The van der Waals surface area contributed by atoms with Crippen LogP contribution in [-0.2, 0) is 7.05 Å². The highest BCUT2D eigenvalue weighted by atomic mass is 16.3. The summed E-state index contributed by atoms with van der Waals surface area (Å²) in [4.78, 5) is 0. The van der Waals surface area contributed by atoms with Crippen LogP contribution in [0.15, 0.2) is 24.3 Å². The van der Waals surface area contributed by atoms with Gasteiger partial charge in [0.15, 0.2) is 0 Å². The third-order valence-electron chi connectivity index (χ3n) is 3.91. The largest absolute Gasteiger partial charge is 0.386 e. The molecule has 1 aromatic carbocycles. The molecule has 1 aromatic heterocycles. The van der Waals surface area contributed by atoms with Gasteiger partial charge in [-0.2, -0.15) is 5.10 Å². The Labute approximate surface area is 101 Å². The van der Waals surface area contributed by atoms with Crippen LogP contribution in [-0.4, -0.2) is 14.9 Å². The fourth-order valence-electron chi connectivity index (χ4n) is 2.96. The number of aryl methyl sites for hydroxylation is 1. The molecule has 1 atom stereocenters. The summed E-state index contributed by atoms with van der Waals surface area (Å²) in [7, 11) is 1.94.